The second-order valence-electron chi connectivity index (χ2n) is 5.41. The van der Waals surface area contributed by atoms with Crippen molar-refractivity contribution in [2.45, 2.75) is 44.4 Å². The Morgan fingerprint density at radius 3 is 2.68 bits per heavy atom. The molecule has 0 spiro atoms. The number of benzene rings is 1. The van der Waals surface area contributed by atoms with Crippen LogP contribution in [0.5, 0.6) is 0 Å². The first-order valence-corrected chi connectivity index (χ1v) is 8.42. The van der Waals surface area contributed by atoms with Crippen molar-refractivity contribution in [2.75, 3.05) is 5.75 Å². The van der Waals surface area contributed by atoms with Crippen molar-refractivity contribution in [1.29, 1.82) is 0 Å². The van der Waals surface area contributed by atoms with Gasteiger partial charge in [0.05, 0.1) is 17.0 Å². The fourth-order valence-electron chi connectivity index (χ4n) is 2.85. The number of hydrazine groups is 1. The molecule has 0 aromatic heterocycles. The van der Waals surface area contributed by atoms with Gasteiger partial charge in [-0.1, -0.05) is 30.2 Å². The van der Waals surface area contributed by atoms with Crippen molar-refractivity contribution in [2.24, 2.45) is 5.84 Å². The second-order valence-corrected chi connectivity index (χ2v) is 7.75. The maximum atomic E-state index is 12.3. The molecule has 1 saturated heterocycles. The molecule has 1 aliphatic rings. The highest BCUT2D eigenvalue weighted by atomic mass is 32.2. The summed E-state index contributed by atoms with van der Waals surface area (Å²) in [6.45, 7) is 4.00. The monoisotopic (exact) mass is 282 g/mol. The van der Waals surface area contributed by atoms with Gasteiger partial charge in [-0.05, 0) is 37.8 Å². The molecular weight excluding hydrogens is 260 g/mol. The summed E-state index contributed by atoms with van der Waals surface area (Å²) >= 11 is 0. The van der Waals surface area contributed by atoms with E-state index in [1.54, 1.807) is 0 Å². The van der Waals surface area contributed by atoms with Crippen molar-refractivity contribution in [1.82, 2.24) is 5.43 Å². The van der Waals surface area contributed by atoms with Gasteiger partial charge in [-0.2, -0.15) is 0 Å². The topological polar surface area (TPSA) is 72.2 Å². The third kappa shape index (κ3) is 2.99. The van der Waals surface area contributed by atoms with Gasteiger partial charge in [0, 0.05) is 0 Å². The number of aryl methyl sites for hydroxylation is 2. The second kappa shape index (κ2) is 5.61. The number of nitrogens with two attached hydrogens (primary N) is 1. The molecule has 1 heterocycles. The predicted molar refractivity (Wildman–Crippen MR) is 77.4 cm³/mol. The first-order chi connectivity index (χ1) is 8.95. The van der Waals surface area contributed by atoms with Crippen molar-refractivity contribution >= 4 is 9.84 Å². The van der Waals surface area contributed by atoms with Gasteiger partial charge < -0.3 is 0 Å². The van der Waals surface area contributed by atoms with E-state index in [9.17, 15) is 8.42 Å². The van der Waals surface area contributed by atoms with Gasteiger partial charge in [0.1, 0.15) is 0 Å². The molecule has 2 unspecified atom stereocenters. The Bertz CT molecular complexity index is 555. The third-order valence-electron chi connectivity index (χ3n) is 3.95. The molecular formula is C14H22N2O2S. The highest BCUT2D eigenvalue weighted by Gasteiger charge is 2.36. The fraction of sp³-hybridized carbons (Fsp3) is 0.571. The fourth-order valence-corrected chi connectivity index (χ4v) is 4.92. The highest BCUT2D eigenvalue weighted by Crippen LogP contribution is 2.32. The Kier molecular flexibility index (Phi) is 4.28. The van der Waals surface area contributed by atoms with Crippen LogP contribution in [-0.2, 0) is 9.84 Å². The molecule has 0 saturated carbocycles. The lowest BCUT2D eigenvalue weighted by molar-refractivity contribution is 0.452. The molecule has 0 aliphatic carbocycles. The maximum Gasteiger partial charge on any atom is 0.155 e. The molecule has 1 aliphatic heterocycles. The van der Waals surface area contributed by atoms with Crippen LogP contribution in [0.1, 0.15) is 42.0 Å². The van der Waals surface area contributed by atoms with E-state index in [0.717, 1.165) is 29.5 Å². The molecule has 19 heavy (non-hydrogen) atoms. The molecule has 2 atom stereocenters. The van der Waals surface area contributed by atoms with Crippen LogP contribution in [0.3, 0.4) is 0 Å². The molecule has 106 valence electrons. The SMILES string of the molecule is Cc1ccc(C)c(C(NN)C2CCCCS2(=O)=O)c1. The van der Waals surface area contributed by atoms with E-state index >= 15 is 0 Å². The van der Waals surface area contributed by atoms with E-state index in [1.165, 1.54) is 0 Å². The van der Waals surface area contributed by atoms with E-state index in [4.69, 9.17) is 5.84 Å². The number of rotatable bonds is 3. The number of nitrogens with one attached hydrogen (secondary N) is 1. The Morgan fingerprint density at radius 2 is 2.05 bits per heavy atom. The first kappa shape index (κ1) is 14.5. The van der Waals surface area contributed by atoms with Crippen LogP contribution >= 0.6 is 0 Å². The largest absolute Gasteiger partial charge is 0.271 e. The zero-order valence-corrected chi connectivity index (χ0v) is 12.3. The van der Waals surface area contributed by atoms with Crippen LogP contribution in [0.2, 0.25) is 0 Å². The molecule has 5 heteroatoms. The van der Waals surface area contributed by atoms with E-state index in [1.807, 2.05) is 32.0 Å². The third-order valence-corrected chi connectivity index (χ3v) is 6.24. The van der Waals surface area contributed by atoms with Crippen LogP contribution in [0, 0.1) is 13.8 Å². The van der Waals surface area contributed by atoms with E-state index in [-0.39, 0.29) is 11.8 Å². The van der Waals surface area contributed by atoms with Crippen LogP contribution in [0.4, 0.5) is 0 Å². The summed E-state index contributed by atoms with van der Waals surface area (Å²) in [7, 11) is -3.06. The van der Waals surface area contributed by atoms with E-state index in [2.05, 4.69) is 5.43 Å². The lowest BCUT2D eigenvalue weighted by Crippen LogP contribution is -2.43. The summed E-state index contributed by atoms with van der Waals surface area (Å²) in [6.07, 6.45) is 2.40. The Hall–Kier alpha value is -0.910. The molecule has 3 N–H and O–H groups in total. The molecule has 0 amide bonds. The molecule has 1 aromatic carbocycles. The minimum Gasteiger partial charge on any atom is -0.271 e. The normalized spacial score (nSPS) is 24.1. The quantitative estimate of drug-likeness (QED) is 0.655. The Labute approximate surface area is 115 Å². The van der Waals surface area contributed by atoms with Gasteiger partial charge in [-0.25, -0.2) is 8.42 Å². The van der Waals surface area contributed by atoms with Gasteiger partial charge >= 0.3 is 0 Å². The standard InChI is InChI=1S/C14H22N2O2S/c1-10-6-7-11(2)12(9-10)14(16-15)13-5-3-4-8-19(13,17)18/h6-7,9,13-14,16H,3-5,8,15H2,1-2H3. The first-order valence-electron chi connectivity index (χ1n) is 6.70. The average molecular weight is 282 g/mol. The van der Waals surface area contributed by atoms with E-state index in [0.29, 0.717) is 6.42 Å². The molecule has 0 bridgehead atoms. The molecule has 1 fully saturated rings. The van der Waals surface area contributed by atoms with Crippen LogP contribution in [0.15, 0.2) is 18.2 Å². The smallest absolute Gasteiger partial charge is 0.155 e. The van der Waals surface area contributed by atoms with Gasteiger partial charge in [-0.15, -0.1) is 0 Å². The van der Waals surface area contributed by atoms with E-state index < -0.39 is 15.1 Å². The van der Waals surface area contributed by atoms with Gasteiger partial charge in [0.2, 0.25) is 0 Å². The van der Waals surface area contributed by atoms with Gasteiger partial charge in [0.25, 0.3) is 0 Å². The number of sulfone groups is 1. The minimum absolute atomic E-state index is 0.278. The van der Waals surface area contributed by atoms with Crippen LogP contribution in [-0.4, -0.2) is 19.4 Å². The van der Waals surface area contributed by atoms with Crippen molar-refractivity contribution in [3.63, 3.8) is 0 Å². The summed E-state index contributed by atoms with van der Waals surface area (Å²) in [5.74, 6) is 5.94. The summed E-state index contributed by atoms with van der Waals surface area (Å²) in [5, 5.41) is -0.410. The van der Waals surface area contributed by atoms with Crippen LogP contribution in [0.25, 0.3) is 0 Å². The van der Waals surface area contributed by atoms with Crippen LogP contribution < -0.4 is 11.3 Å². The summed E-state index contributed by atoms with van der Waals surface area (Å²) in [6, 6.07) is 5.76. The van der Waals surface area contributed by atoms with Crippen molar-refractivity contribution in [3.8, 4) is 0 Å². The zero-order chi connectivity index (χ0) is 14.0. The Morgan fingerprint density at radius 1 is 1.32 bits per heavy atom. The predicted octanol–water partition coefficient (Wildman–Crippen LogP) is 1.78. The molecule has 1 aromatic rings. The maximum absolute atomic E-state index is 12.3. The van der Waals surface area contributed by atoms with Gasteiger partial charge in [0.15, 0.2) is 9.84 Å². The number of hydrogen-bond acceptors (Lipinski definition) is 4. The summed E-state index contributed by atoms with van der Waals surface area (Å²) in [4.78, 5) is 0. The van der Waals surface area contributed by atoms with Crippen molar-refractivity contribution in [3.05, 3.63) is 34.9 Å². The summed E-state index contributed by atoms with van der Waals surface area (Å²) in [5.41, 5.74) is 5.93. The lowest BCUT2D eigenvalue weighted by Gasteiger charge is -2.31. The molecule has 0 radical (unpaired) electrons. The number of hydrogen-bond donors (Lipinski definition) is 2. The van der Waals surface area contributed by atoms with Crippen molar-refractivity contribution < 1.29 is 8.42 Å². The minimum atomic E-state index is -3.06. The average Bonchev–Trinajstić information content (AvgIpc) is 2.36. The Balaban J connectivity index is 2.41. The highest BCUT2D eigenvalue weighted by molar-refractivity contribution is 7.92. The molecule has 4 nitrogen and oxygen atoms in total. The summed E-state index contributed by atoms with van der Waals surface area (Å²) < 4.78 is 24.5. The van der Waals surface area contributed by atoms with Gasteiger partial charge in [-0.3, -0.25) is 11.3 Å². The lowest BCUT2D eigenvalue weighted by atomic mass is 9.95. The molecule has 2 rings (SSSR count). The zero-order valence-electron chi connectivity index (χ0n) is 11.5.